The van der Waals surface area contributed by atoms with E-state index in [1.54, 1.807) is 0 Å². The van der Waals surface area contributed by atoms with Gasteiger partial charge in [0.05, 0.1) is 0 Å². The van der Waals surface area contributed by atoms with E-state index in [1.807, 2.05) is 0 Å². The predicted octanol–water partition coefficient (Wildman–Crippen LogP) is -2.81. The van der Waals surface area contributed by atoms with Gasteiger partial charge in [-0.2, -0.15) is 0 Å². The first-order valence-corrected chi connectivity index (χ1v) is 2.57. The number of rotatable bonds is 0. The van der Waals surface area contributed by atoms with Crippen LogP contribution in [0.15, 0.2) is 0 Å². The average Bonchev–Trinajstić information content (AvgIpc) is 1.76. The molecule has 0 aliphatic rings. The summed E-state index contributed by atoms with van der Waals surface area (Å²) in [5, 5.41) is 58.5. The summed E-state index contributed by atoms with van der Waals surface area (Å²) in [4.78, 5) is 34.0. The molecule has 12 nitrogen and oxygen atoms in total. The summed E-state index contributed by atoms with van der Waals surface area (Å²) in [6.07, 6.45) is -7.83. The maximum atomic E-state index is 8.56. The zero-order valence-corrected chi connectivity index (χ0v) is 10.0. The third-order valence-corrected chi connectivity index (χ3v) is 0. The molecular formula is C4H7CaNaO12. The minimum absolute atomic E-state index is 0. The number of hydrogen-bond acceptors (Lipinski definition) is 6. The first-order chi connectivity index (χ1) is 6.93. The molecule has 0 rings (SSSR count). The summed E-state index contributed by atoms with van der Waals surface area (Å²) in [7, 11) is 0. The second-order valence-electron chi connectivity index (χ2n) is 1.10. The molecule has 0 heterocycles. The van der Waals surface area contributed by atoms with Crippen LogP contribution in [0.4, 0.5) is 19.2 Å². The van der Waals surface area contributed by atoms with Gasteiger partial charge in [0, 0.05) is 0 Å². The number of carbonyl (C=O) groups is 4. The van der Waals surface area contributed by atoms with Crippen molar-refractivity contribution in [3.8, 4) is 0 Å². The molecule has 0 fully saturated rings. The fraction of sp³-hybridized carbons (Fsp3) is 0. The van der Waals surface area contributed by atoms with Crippen molar-refractivity contribution in [3.05, 3.63) is 0 Å². The number of carboxylic acid groups (broad SMARTS) is 8. The summed E-state index contributed by atoms with van der Waals surface area (Å²) in [6, 6.07) is 0. The zero-order chi connectivity index (χ0) is 14.3. The first-order valence-electron chi connectivity index (χ1n) is 2.57. The molecule has 0 saturated carbocycles. The first kappa shape index (κ1) is 36.0. The molecule has 0 aliphatic heterocycles. The molecule has 0 amide bonds. The Balaban J connectivity index is -0.0000000257. The summed E-state index contributed by atoms with van der Waals surface area (Å²) in [5.74, 6) is 0. The molecule has 0 aromatic rings. The fourth-order valence-corrected chi connectivity index (χ4v) is 0. The molecule has 0 atom stereocenters. The van der Waals surface area contributed by atoms with Gasteiger partial charge in [-0.25, -0.2) is 9.59 Å². The van der Waals surface area contributed by atoms with Crippen LogP contribution in [-0.4, -0.2) is 123 Å². The molecule has 98 valence electrons. The van der Waals surface area contributed by atoms with Crippen molar-refractivity contribution < 1.29 is 60.0 Å². The van der Waals surface area contributed by atoms with E-state index in [1.165, 1.54) is 0 Å². The molecule has 0 unspecified atom stereocenters. The predicted molar refractivity (Wildman–Crippen MR) is 50.3 cm³/mol. The summed E-state index contributed by atoms with van der Waals surface area (Å²) >= 11 is 0. The molecule has 14 heteroatoms. The normalized spacial score (nSPS) is 5.33. The van der Waals surface area contributed by atoms with E-state index in [0.29, 0.717) is 0 Å². The van der Waals surface area contributed by atoms with E-state index in [-0.39, 0.29) is 67.3 Å². The molecule has 0 aromatic heterocycles. The van der Waals surface area contributed by atoms with Gasteiger partial charge in [0.2, 0.25) is 12.3 Å². The van der Waals surface area contributed by atoms with Gasteiger partial charge in [-0.05, 0) is 0 Å². The molecule has 0 saturated heterocycles. The van der Waals surface area contributed by atoms with Gasteiger partial charge in [0.25, 0.3) is 0 Å². The van der Waals surface area contributed by atoms with Crippen LogP contribution in [0.25, 0.3) is 0 Å². The van der Waals surface area contributed by atoms with Crippen molar-refractivity contribution in [1.82, 2.24) is 0 Å². The molecule has 6 N–H and O–H groups in total. The topological polar surface area (TPSA) is 236 Å². The van der Waals surface area contributed by atoms with Gasteiger partial charge in [-0.1, -0.05) is 0 Å². The maximum absolute atomic E-state index is 8.56. The van der Waals surface area contributed by atoms with E-state index in [0.717, 1.165) is 0 Å². The molecule has 18 heavy (non-hydrogen) atoms. The molecule has 0 aromatic carbocycles. The van der Waals surface area contributed by atoms with Gasteiger partial charge in [-0.3, -0.25) is 0 Å². The van der Waals surface area contributed by atoms with Gasteiger partial charge >= 0.3 is 79.6 Å². The third kappa shape index (κ3) is 7240. The van der Waals surface area contributed by atoms with Crippen molar-refractivity contribution in [2.24, 2.45) is 0 Å². The van der Waals surface area contributed by atoms with Crippen LogP contribution in [0.2, 0.25) is 0 Å². The van der Waals surface area contributed by atoms with Crippen molar-refractivity contribution >= 4 is 91.9 Å². The Hall–Kier alpha value is -0.660. The molecular weight excluding hydrogens is 303 g/mol. The van der Waals surface area contributed by atoms with Crippen LogP contribution < -0.4 is 10.2 Å². The van der Waals surface area contributed by atoms with Gasteiger partial charge in [0.1, 0.15) is 0 Å². The second-order valence-corrected chi connectivity index (χ2v) is 1.10. The molecule has 0 spiro atoms. The van der Waals surface area contributed by atoms with Crippen LogP contribution in [0.3, 0.4) is 0 Å². The van der Waals surface area contributed by atoms with E-state index >= 15 is 0 Å². The minimum atomic E-state index is -2.08. The van der Waals surface area contributed by atoms with Crippen LogP contribution in [0.1, 0.15) is 0 Å². The van der Waals surface area contributed by atoms with Crippen molar-refractivity contribution in [2.75, 3.05) is 0 Å². The van der Waals surface area contributed by atoms with E-state index in [9.17, 15) is 0 Å². The van der Waals surface area contributed by atoms with E-state index in [2.05, 4.69) is 0 Å². The molecule has 0 radical (unpaired) electrons. The fourth-order valence-electron chi connectivity index (χ4n) is 0. The Kier molecular flexibility index (Phi) is 59.8. The second kappa shape index (κ2) is 29.9. The summed E-state index contributed by atoms with van der Waals surface area (Å²) < 4.78 is 0. The monoisotopic (exact) mass is 310 g/mol. The van der Waals surface area contributed by atoms with Crippen LogP contribution >= 0.6 is 0 Å². The number of hydrogen-bond donors (Lipinski definition) is 6. The van der Waals surface area contributed by atoms with Crippen LogP contribution in [0, 0.1) is 0 Å². The Labute approximate surface area is 150 Å². The van der Waals surface area contributed by atoms with Crippen molar-refractivity contribution in [3.63, 3.8) is 0 Å². The Morgan fingerprint density at radius 1 is 0.611 bits per heavy atom. The molecule has 0 aliphatic carbocycles. The van der Waals surface area contributed by atoms with Gasteiger partial charge < -0.3 is 50.4 Å². The standard InChI is InChI=1S/4CH2O3.Ca.Na.H/c4*2-1(3)4;;;/h4*(H2,2,3,4);;;/q;;;;+2;;/p-2. The van der Waals surface area contributed by atoms with Gasteiger partial charge in [0.15, 0.2) is 0 Å². The molecule has 0 bridgehead atoms. The SMILES string of the molecule is O=C(O)O.O=C(O)O.O=C([O-])O.O=C([O-])O.[Ca+2].[NaH]. The van der Waals surface area contributed by atoms with Crippen LogP contribution in [-0.2, 0) is 0 Å². The van der Waals surface area contributed by atoms with E-state index < -0.39 is 24.6 Å². The van der Waals surface area contributed by atoms with Gasteiger partial charge in [-0.15, -0.1) is 0 Å². The Morgan fingerprint density at radius 2 is 0.611 bits per heavy atom. The summed E-state index contributed by atoms with van der Waals surface area (Å²) in [6.45, 7) is 0. The van der Waals surface area contributed by atoms with Crippen LogP contribution in [0.5, 0.6) is 0 Å². The summed E-state index contributed by atoms with van der Waals surface area (Å²) in [5.41, 5.74) is 0. The quantitative estimate of drug-likeness (QED) is 0.248. The van der Waals surface area contributed by atoms with Crippen molar-refractivity contribution in [1.29, 1.82) is 0 Å². The van der Waals surface area contributed by atoms with Crippen molar-refractivity contribution in [2.45, 2.75) is 0 Å². The average molecular weight is 310 g/mol. The third-order valence-electron chi connectivity index (χ3n) is 0. The van der Waals surface area contributed by atoms with E-state index in [4.69, 9.17) is 60.0 Å². The Bertz CT molecular complexity index is 164. The zero-order valence-electron chi connectivity index (χ0n) is 7.84. The Morgan fingerprint density at radius 3 is 0.611 bits per heavy atom.